The average Bonchev–Trinajstić information content (AvgIpc) is 2.93. The maximum atomic E-state index is 12.6. The molecule has 4 nitrogen and oxygen atoms in total. The number of amides is 2. The number of carbonyl (C=O) groups is 2. The summed E-state index contributed by atoms with van der Waals surface area (Å²) in [6, 6.07) is -0.525. The Balaban J connectivity index is 2.09. The molecule has 0 radical (unpaired) electrons. The van der Waals surface area contributed by atoms with Crippen LogP contribution in [0.5, 0.6) is 0 Å². The first kappa shape index (κ1) is 15.3. The summed E-state index contributed by atoms with van der Waals surface area (Å²) in [5, 5.41) is 2.93. The van der Waals surface area contributed by atoms with Gasteiger partial charge < -0.3 is 10.2 Å². The predicted molar refractivity (Wildman–Crippen MR) is 79.2 cm³/mol. The van der Waals surface area contributed by atoms with Gasteiger partial charge in [0.05, 0.1) is 0 Å². The van der Waals surface area contributed by atoms with Crippen LogP contribution in [0, 0.1) is 5.92 Å². The van der Waals surface area contributed by atoms with Crippen LogP contribution >= 0.6 is 0 Å². The molecule has 1 saturated carbocycles. The molecule has 1 aliphatic heterocycles. The molecule has 1 aliphatic carbocycles. The van der Waals surface area contributed by atoms with E-state index >= 15 is 0 Å². The molecule has 0 aromatic heterocycles. The van der Waals surface area contributed by atoms with Crippen LogP contribution in [0.2, 0.25) is 0 Å². The van der Waals surface area contributed by atoms with Gasteiger partial charge in [-0.25, -0.2) is 0 Å². The molecule has 0 aromatic carbocycles. The monoisotopic (exact) mass is 280 g/mol. The summed E-state index contributed by atoms with van der Waals surface area (Å²) in [5.74, 6) is 0.811. The van der Waals surface area contributed by atoms with E-state index in [0.717, 1.165) is 32.2 Å². The molecule has 0 aromatic rings. The zero-order valence-corrected chi connectivity index (χ0v) is 12.9. The molecule has 0 bridgehead atoms. The first-order valence-electron chi connectivity index (χ1n) is 8.28. The van der Waals surface area contributed by atoms with Gasteiger partial charge >= 0.3 is 0 Å². The molecular formula is C16H28N2O2. The van der Waals surface area contributed by atoms with Crippen molar-refractivity contribution in [2.24, 2.45) is 5.92 Å². The molecule has 1 heterocycles. The summed E-state index contributed by atoms with van der Waals surface area (Å²) in [7, 11) is 0. The third-order valence-corrected chi connectivity index (χ3v) is 4.65. The van der Waals surface area contributed by atoms with Gasteiger partial charge in [0.2, 0.25) is 11.8 Å². The van der Waals surface area contributed by atoms with Crippen molar-refractivity contribution in [3.8, 4) is 0 Å². The van der Waals surface area contributed by atoms with E-state index in [4.69, 9.17) is 0 Å². The van der Waals surface area contributed by atoms with Gasteiger partial charge in [-0.05, 0) is 31.6 Å². The van der Waals surface area contributed by atoms with Crippen molar-refractivity contribution in [2.75, 3.05) is 6.54 Å². The summed E-state index contributed by atoms with van der Waals surface area (Å²) < 4.78 is 0. The lowest BCUT2D eigenvalue weighted by Crippen LogP contribution is -2.63. The lowest BCUT2D eigenvalue weighted by atomic mass is 9.98. The van der Waals surface area contributed by atoms with Crippen LogP contribution in [0.4, 0.5) is 0 Å². The second kappa shape index (κ2) is 7.09. The molecular weight excluding hydrogens is 252 g/mol. The third kappa shape index (κ3) is 3.33. The lowest BCUT2D eigenvalue weighted by Gasteiger charge is -2.40. The molecule has 2 atom stereocenters. The van der Waals surface area contributed by atoms with E-state index in [9.17, 15) is 9.59 Å². The number of nitrogens with zero attached hydrogens (tertiary/aromatic N) is 1. The molecule has 1 N–H and O–H groups in total. The number of hydrogen-bond acceptors (Lipinski definition) is 2. The van der Waals surface area contributed by atoms with Gasteiger partial charge in [-0.3, -0.25) is 9.59 Å². The van der Waals surface area contributed by atoms with Crippen LogP contribution < -0.4 is 5.32 Å². The summed E-state index contributed by atoms with van der Waals surface area (Å²) in [4.78, 5) is 26.8. The van der Waals surface area contributed by atoms with Crippen LogP contribution in [0.1, 0.15) is 65.2 Å². The Morgan fingerprint density at radius 2 is 1.75 bits per heavy atom. The van der Waals surface area contributed by atoms with Crippen LogP contribution in [-0.4, -0.2) is 35.3 Å². The third-order valence-electron chi connectivity index (χ3n) is 4.65. The minimum Gasteiger partial charge on any atom is -0.343 e. The fourth-order valence-electron chi connectivity index (χ4n) is 3.56. The van der Waals surface area contributed by atoms with E-state index in [2.05, 4.69) is 19.2 Å². The van der Waals surface area contributed by atoms with E-state index in [0.29, 0.717) is 5.92 Å². The van der Waals surface area contributed by atoms with Crippen molar-refractivity contribution in [3.63, 3.8) is 0 Å². The lowest BCUT2D eigenvalue weighted by molar-refractivity contribution is -0.150. The minimum absolute atomic E-state index is 0.0582. The number of hydrogen-bond donors (Lipinski definition) is 1. The zero-order valence-electron chi connectivity index (χ0n) is 12.9. The highest BCUT2D eigenvalue weighted by molar-refractivity contribution is 5.96. The maximum absolute atomic E-state index is 12.6. The van der Waals surface area contributed by atoms with Crippen LogP contribution in [-0.2, 0) is 9.59 Å². The van der Waals surface area contributed by atoms with Crippen molar-refractivity contribution in [1.82, 2.24) is 10.2 Å². The molecule has 20 heavy (non-hydrogen) atoms. The highest BCUT2D eigenvalue weighted by atomic mass is 16.2. The van der Waals surface area contributed by atoms with Gasteiger partial charge in [-0.1, -0.05) is 39.5 Å². The molecule has 2 aliphatic rings. The number of piperazine rings is 1. The van der Waals surface area contributed by atoms with Gasteiger partial charge in [0.15, 0.2) is 0 Å². The Morgan fingerprint density at radius 3 is 2.35 bits per heavy atom. The van der Waals surface area contributed by atoms with Crippen molar-refractivity contribution in [3.05, 3.63) is 0 Å². The minimum atomic E-state index is -0.290. The van der Waals surface area contributed by atoms with Gasteiger partial charge in [-0.2, -0.15) is 0 Å². The summed E-state index contributed by atoms with van der Waals surface area (Å²) in [6.07, 6.45) is 8.36. The molecule has 0 spiro atoms. The first-order chi connectivity index (χ1) is 9.67. The molecule has 2 rings (SSSR count). The number of rotatable bonds is 6. The Hall–Kier alpha value is -1.06. The van der Waals surface area contributed by atoms with Gasteiger partial charge in [0, 0.05) is 6.54 Å². The molecule has 1 saturated heterocycles. The Kier molecular flexibility index (Phi) is 5.44. The average molecular weight is 280 g/mol. The summed E-state index contributed by atoms with van der Waals surface area (Å²) >= 11 is 0. The van der Waals surface area contributed by atoms with Crippen molar-refractivity contribution < 1.29 is 9.59 Å². The molecule has 4 heteroatoms. The summed E-state index contributed by atoms with van der Waals surface area (Å²) in [5.41, 5.74) is 0. The second-order valence-corrected chi connectivity index (χ2v) is 6.30. The fraction of sp³-hybridized carbons (Fsp3) is 0.875. The Labute approximate surface area is 122 Å². The topological polar surface area (TPSA) is 49.4 Å². The van der Waals surface area contributed by atoms with Crippen molar-refractivity contribution >= 4 is 11.8 Å². The van der Waals surface area contributed by atoms with Crippen molar-refractivity contribution in [1.29, 1.82) is 0 Å². The van der Waals surface area contributed by atoms with Crippen molar-refractivity contribution in [2.45, 2.75) is 77.3 Å². The van der Waals surface area contributed by atoms with Crippen LogP contribution in [0.15, 0.2) is 0 Å². The Bertz CT molecular complexity index is 350. The first-order valence-corrected chi connectivity index (χ1v) is 8.28. The highest BCUT2D eigenvalue weighted by Crippen LogP contribution is 2.28. The zero-order chi connectivity index (χ0) is 14.5. The second-order valence-electron chi connectivity index (χ2n) is 6.30. The van der Waals surface area contributed by atoms with Gasteiger partial charge in [0.1, 0.15) is 12.1 Å². The molecule has 2 fully saturated rings. The number of carbonyl (C=O) groups excluding carboxylic acids is 2. The normalized spacial score (nSPS) is 28.0. The largest absolute Gasteiger partial charge is 0.343 e. The fourth-order valence-corrected chi connectivity index (χ4v) is 3.56. The smallest absolute Gasteiger partial charge is 0.245 e. The van der Waals surface area contributed by atoms with E-state index < -0.39 is 0 Å². The predicted octanol–water partition coefficient (Wildman–Crippen LogP) is 2.47. The van der Waals surface area contributed by atoms with Crippen LogP contribution in [0.25, 0.3) is 0 Å². The van der Waals surface area contributed by atoms with Gasteiger partial charge in [0.25, 0.3) is 0 Å². The summed E-state index contributed by atoms with van der Waals surface area (Å²) in [6.45, 7) is 4.92. The Morgan fingerprint density at radius 1 is 1.10 bits per heavy atom. The van der Waals surface area contributed by atoms with Crippen LogP contribution in [0.3, 0.4) is 0 Å². The maximum Gasteiger partial charge on any atom is 0.245 e. The van der Waals surface area contributed by atoms with E-state index in [1.807, 2.05) is 4.90 Å². The van der Waals surface area contributed by atoms with Gasteiger partial charge in [-0.15, -0.1) is 0 Å². The molecule has 2 amide bonds. The molecule has 114 valence electrons. The SMILES string of the molecule is CCCC1NC(=O)C(CCC)N(CC2CCCC2)C1=O. The van der Waals surface area contributed by atoms with E-state index in [1.54, 1.807) is 0 Å². The molecule has 2 unspecified atom stereocenters. The highest BCUT2D eigenvalue weighted by Gasteiger charge is 2.40. The standard InChI is InChI=1S/C16H28N2O2/c1-3-7-13-16(20)18(11-12-9-5-6-10-12)14(8-4-2)15(19)17-13/h12-14H,3-11H2,1-2H3,(H,17,19). The van der Waals surface area contributed by atoms with E-state index in [1.165, 1.54) is 25.7 Å². The number of nitrogens with one attached hydrogen (secondary N) is 1. The quantitative estimate of drug-likeness (QED) is 0.812. The van der Waals surface area contributed by atoms with E-state index in [-0.39, 0.29) is 23.9 Å².